The first-order valence-electron chi connectivity index (χ1n) is 5.93. The fourth-order valence-electron chi connectivity index (χ4n) is 1.37. The van der Waals surface area contributed by atoms with Crippen molar-refractivity contribution in [2.45, 2.75) is 17.9 Å². The van der Waals surface area contributed by atoms with E-state index in [-0.39, 0.29) is 5.91 Å². The van der Waals surface area contributed by atoms with Crippen molar-refractivity contribution in [2.75, 3.05) is 26.0 Å². The monoisotopic (exact) mass is 268 g/mol. The van der Waals surface area contributed by atoms with E-state index in [1.54, 1.807) is 7.11 Å². The number of rotatable bonds is 8. The largest absolute Gasteiger partial charge is 0.385 e. The second-order valence-electron chi connectivity index (χ2n) is 3.83. The van der Waals surface area contributed by atoms with Gasteiger partial charge in [-0.3, -0.25) is 4.79 Å². The zero-order valence-corrected chi connectivity index (χ0v) is 11.5. The first kappa shape index (κ1) is 15.0. The van der Waals surface area contributed by atoms with E-state index in [0.717, 1.165) is 16.9 Å². The minimum absolute atomic E-state index is 0.0546. The number of methoxy groups -OCH3 is 1. The molecule has 1 aromatic rings. The summed E-state index contributed by atoms with van der Waals surface area (Å²) >= 11 is 1.53. The van der Waals surface area contributed by atoms with Crippen molar-refractivity contribution in [3.63, 3.8) is 0 Å². The van der Waals surface area contributed by atoms with Crippen LogP contribution in [-0.2, 0) is 16.1 Å². The summed E-state index contributed by atoms with van der Waals surface area (Å²) in [6.45, 7) is 1.89. The lowest BCUT2D eigenvalue weighted by Crippen LogP contribution is -2.26. The normalized spacial score (nSPS) is 10.3. The molecule has 0 fully saturated rings. The highest BCUT2D eigenvalue weighted by Crippen LogP contribution is 2.17. The predicted octanol–water partition coefficient (Wildman–Crippen LogP) is 1.39. The number of hydrogen-bond acceptors (Lipinski definition) is 4. The first-order valence-corrected chi connectivity index (χ1v) is 6.92. The highest BCUT2D eigenvalue weighted by molar-refractivity contribution is 8.00. The van der Waals surface area contributed by atoms with Crippen molar-refractivity contribution < 1.29 is 9.53 Å². The summed E-state index contributed by atoms with van der Waals surface area (Å²) in [4.78, 5) is 12.6. The van der Waals surface area contributed by atoms with Crippen LogP contribution < -0.4 is 11.1 Å². The maximum Gasteiger partial charge on any atom is 0.230 e. The Morgan fingerprint density at radius 1 is 1.39 bits per heavy atom. The van der Waals surface area contributed by atoms with Gasteiger partial charge < -0.3 is 15.8 Å². The highest BCUT2D eigenvalue weighted by Gasteiger charge is 2.02. The molecule has 0 unspecified atom stereocenters. The van der Waals surface area contributed by atoms with Crippen molar-refractivity contribution in [1.29, 1.82) is 0 Å². The van der Waals surface area contributed by atoms with Crippen LogP contribution in [-0.4, -0.2) is 31.9 Å². The van der Waals surface area contributed by atoms with Crippen LogP contribution >= 0.6 is 11.8 Å². The van der Waals surface area contributed by atoms with Crippen LogP contribution in [0.4, 0.5) is 0 Å². The molecular formula is C13H20N2O2S. The number of ether oxygens (including phenoxy) is 1. The molecule has 0 bridgehead atoms. The molecular weight excluding hydrogens is 248 g/mol. The van der Waals surface area contributed by atoms with Crippen LogP contribution in [0.3, 0.4) is 0 Å². The molecule has 0 atom stereocenters. The van der Waals surface area contributed by atoms with E-state index < -0.39 is 0 Å². The van der Waals surface area contributed by atoms with Gasteiger partial charge in [-0.1, -0.05) is 12.1 Å². The molecule has 18 heavy (non-hydrogen) atoms. The fourth-order valence-corrected chi connectivity index (χ4v) is 2.09. The molecule has 0 radical (unpaired) electrons. The number of thioether (sulfide) groups is 1. The molecule has 1 aromatic carbocycles. The topological polar surface area (TPSA) is 64.3 Å². The molecule has 0 spiro atoms. The van der Waals surface area contributed by atoms with Gasteiger partial charge in [0.1, 0.15) is 0 Å². The Morgan fingerprint density at radius 2 is 2.11 bits per heavy atom. The summed E-state index contributed by atoms with van der Waals surface area (Å²) in [5.41, 5.74) is 6.62. The van der Waals surface area contributed by atoms with Crippen molar-refractivity contribution in [2.24, 2.45) is 5.73 Å². The minimum Gasteiger partial charge on any atom is -0.385 e. The lowest BCUT2D eigenvalue weighted by atomic mass is 10.2. The Kier molecular flexibility index (Phi) is 7.48. The Bertz CT molecular complexity index is 355. The van der Waals surface area contributed by atoms with Crippen molar-refractivity contribution in [1.82, 2.24) is 5.32 Å². The van der Waals surface area contributed by atoms with E-state index >= 15 is 0 Å². The molecule has 3 N–H and O–H groups in total. The van der Waals surface area contributed by atoms with Gasteiger partial charge in [-0.2, -0.15) is 0 Å². The second-order valence-corrected chi connectivity index (χ2v) is 4.88. The van der Waals surface area contributed by atoms with Crippen molar-refractivity contribution in [3.05, 3.63) is 29.8 Å². The lowest BCUT2D eigenvalue weighted by Gasteiger charge is -2.05. The van der Waals surface area contributed by atoms with Gasteiger partial charge in [0.25, 0.3) is 0 Å². The summed E-state index contributed by atoms with van der Waals surface area (Å²) in [6, 6.07) is 7.95. The summed E-state index contributed by atoms with van der Waals surface area (Å²) in [5, 5.41) is 2.85. The van der Waals surface area contributed by atoms with Gasteiger partial charge in [-0.25, -0.2) is 0 Å². The van der Waals surface area contributed by atoms with Crippen LogP contribution in [0.5, 0.6) is 0 Å². The quantitative estimate of drug-likeness (QED) is 0.552. The first-order chi connectivity index (χ1) is 8.76. The Labute approximate surface area is 112 Å². The van der Waals surface area contributed by atoms with E-state index in [0.29, 0.717) is 25.4 Å². The maximum atomic E-state index is 11.5. The molecule has 0 saturated carbocycles. The van der Waals surface area contributed by atoms with E-state index in [9.17, 15) is 4.79 Å². The van der Waals surface area contributed by atoms with Gasteiger partial charge in [0.2, 0.25) is 5.91 Å². The Morgan fingerprint density at radius 3 is 2.72 bits per heavy atom. The molecule has 100 valence electrons. The number of amides is 1. The number of nitrogens with one attached hydrogen (secondary N) is 1. The van der Waals surface area contributed by atoms with Crippen LogP contribution in [0.15, 0.2) is 29.2 Å². The molecule has 0 aliphatic heterocycles. The fraction of sp³-hybridized carbons (Fsp3) is 0.462. The molecule has 0 heterocycles. The van der Waals surface area contributed by atoms with E-state index in [2.05, 4.69) is 5.32 Å². The molecule has 0 aromatic heterocycles. The van der Waals surface area contributed by atoms with E-state index in [1.807, 2.05) is 24.3 Å². The molecule has 0 aliphatic carbocycles. The summed E-state index contributed by atoms with van der Waals surface area (Å²) in [6.07, 6.45) is 0.845. The van der Waals surface area contributed by atoms with Gasteiger partial charge >= 0.3 is 0 Å². The number of hydrogen-bond donors (Lipinski definition) is 2. The summed E-state index contributed by atoms with van der Waals surface area (Å²) in [5.74, 6) is 0.494. The maximum absolute atomic E-state index is 11.5. The standard InChI is InChI=1S/C13H20N2O2S/c1-17-8-2-7-15-13(16)10-18-12-5-3-11(9-14)4-6-12/h3-6H,2,7-10,14H2,1H3,(H,15,16). The zero-order valence-electron chi connectivity index (χ0n) is 10.6. The number of carbonyl (C=O) groups is 1. The van der Waals surface area contributed by atoms with Crippen molar-refractivity contribution >= 4 is 17.7 Å². The number of carbonyl (C=O) groups excluding carboxylic acids is 1. The predicted molar refractivity (Wildman–Crippen MR) is 74.6 cm³/mol. The third kappa shape index (κ3) is 6.05. The molecule has 1 amide bonds. The molecule has 0 aliphatic rings. The second kappa shape index (κ2) is 8.97. The summed E-state index contributed by atoms with van der Waals surface area (Å²) in [7, 11) is 1.66. The Hall–Kier alpha value is -1.04. The number of benzene rings is 1. The van der Waals surface area contributed by atoms with Crippen LogP contribution in [0.2, 0.25) is 0 Å². The molecule has 5 heteroatoms. The van der Waals surface area contributed by atoms with Gasteiger partial charge in [-0.05, 0) is 24.1 Å². The average molecular weight is 268 g/mol. The number of nitrogens with two attached hydrogens (primary N) is 1. The molecule has 0 saturated heterocycles. The lowest BCUT2D eigenvalue weighted by molar-refractivity contribution is -0.118. The average Bonchev–Trinajstić information content (AvgIpc) is 2.42. The molecule has 4 nitrogen and oxygen atoms in total. The Balaban J connectivity index is 2.20. The van der Waals surface area contributed by atoms with Crippen LogP contribution in [0, 0.1) is 0 Å². The van der Waals surface area contributed by atoms with Crippen molar-refractivity contribution in [3.8, 4) is 0 Å². The SMILES string of the molecule is COCCCNC(=O)CSc1ccc(CN)cc1. The zero-order chi connectivity index (χ0) is 13.2. The third-order valence-electron chi connectivity index (χ3n) is 2.38. The van der Waals surface area contributed by atoms with Gasteiger partial charge in [0.15, 0.2) is 0 Å². The van der Waals surface area contributed by atoms with Crippen LogP contribution in [0.1, 0.15) is 12.0 Å². The highest BCUT2D eigenvalue weighted by atomic mass is 32.2. The summed E-state index contributed by atoms with van der Waals surface area (Å²) < 4.78 is 4.91. The third-order valence-corrected chi connectivity index (χ3v) is 3.39. The van der Waals surface area contributed by atoms with Gasteiger partial charge in [0.05, 0.1) is 5.75 Å². The van der Waals surface area contributed by atoms with E-state index in [1.165, 1.54) is 11.8 Å². The minimum atomic E-state index is 0.0546. The smallest absolute Gasteiger partial charge is 0.230 e. The van der Waals surface area contributed by atoms with Gasteiger partial charge in [-0.15, -0.1) is 11.8 Å². The molecule has 1 rings (SSSR count). The van der Waals surface area contributed by atoms with Gasteiger partial charge in [0, 0.05) is 31.7 Å². The van der Waals surface area contributed by atoms with E-state index in [4.69, 9.17) is 10.5 Å². The van der Waals surface area contributed by atoms with Crippen LogP contribution in [0.25, 0.3) is 0 Å².